The van der Waals surface area contributed by atoms with Crippen LogP contribution in [0.3, 0.4) is 0 Å². The average Bonchev–Trinajstić information content (AvgIpc) is 3.04. The maximum Gasteiger partial charge on any atom is 0.433 e. The highest BCUT2D eigenvalue weighted by molar-refractivity contribution is 7.14. The lowest BCUT2D eigenvalue weighted by atomic mass is 10.2. The van der Waals surface area contributed by atoms with Gasteiger partial charge in [-0.2, -0.15) is 18.3 Å². The predicted molar refractivity (Wildman–Crippen MR) is 74.0 cm³/mol. The number of amides is 1. The molecular weight excluding hydrogens is 337 g/mol. The third-order valence-electron chi connectivity index (χ3n) is 2.78. The number of hydrogen-bond donors (Lipinski definition) is 1. The van der Waals surface area contributed by atoms with Gasteiger partial charge in [0.2, 0.25) is 0 Å². The highest BCUT2D eigenvalue weighted by Crippen LogP contribution is 2.32. The fourth-order valence-electron chi connectivity index (χ4n) is 1.77. The number of nitrogens with zero attached hydrogens (tertiary/aromatic N) is 3. The van der Waals surface area contributed by atoms with Crippen molar-refractivity contribution >= 4 is 28.3 Å². The van der Waals surface area contributed by atoms with Crippen molar-refractivity contribution in [2.75, 3.05) is 12.4 Å². The van der Waals surface area contributed by atoms with Crippen LogP contribution in [0.2, 0.25) is 0 Å². The van der Waals surface area contributed by atoms with E-state index in [4.69, 9.17) is 0 Å². The third-order valence-corrected chi connectivity index (χ3v) is 3.58. The smallest absolute Gasteiger partial charge is 0.433 e. The van der Waals surface area contributed by atoms with Crippen LogP contribution in [0.25, 0.3) is 0 Å². The molecule has 23 heavy (non-hydrogen) atoms. The second-order valence-corrected chi connectivity index (χ2v) is 5.24. The zero-order valence-corrected chi connectivity index (χ0v) is 12.8. The van der Waals surface area contributed by atoms with E-state index in [1.165, 1.54) is 12.5 Å². The molecule has 0 saturated heterocycles. The summed E-state index contributed by atoms with van der Waals surface area (Å²) in [4.78, 5) is 27.0. The van der Waals surface area contributed by atoms with Gasteiger partial charge >= 0.3 is 12.1 Å². The molecule has 0 spiro atoms. The highest BCUT2D eigenvalue weighted by atomic mass is 32.1. The number of thiazole rings is 1. The van der Waals surface area contributed by atoms with Crippen molar-refractivity contribution in [3.63, 3.8) is 0 Å². The van der Waals surface area contributed by atoms with Gasteiger partial charge in [0.15, 0.2) is 10.8 Å². The number of hydrogen-bond acceptors (Lipinski definition) is 6. The van der Waals surface area contributed by atoms with Crippen molar-refractivity contribution in [2.45, 2.75) is 12.6 Å². The summed E-state index contributed by atoms with van der Waals surface area (Å²) in [6.07, 6.45) is -3.97. The first-order valence-electron chi connectivity index (χ1n) is 6.14. The molecule has 0 unspecified atom stereocenters. The molecule has 2 heterocycles. The van der Waals surface area contributed by atoms with E-state index < -0.39 is 29.3 Å². The number of carbonyl (C=O) groups is 2. The molecule has 0 aliphatic heterocycles. The number of ether oxygens (including phenoxy) is 1. The Bertz CT molecular complexity index is 738. The number of anilines is 1. The maximum absolute atomic E-state index is 12.9. The van der Waals surface area contributed by atoms with Crippen LogP contribution in [-0.4, -0.2) is 33.8 Å². The van der Waals surface area contributed by atoms with Gasteiger partial charge in [-0.3, -0.25) is 19.6 Å². The van der Waals surface area contributed by atoms with E-state index in [9.17, 15) is 22.8 Å². The van der Waals surface area contributed by atoms with Crippen LogP contribution in [0.15, 0.2) is 11.6 Å². The van der Waals surface area contributed by atoms with Gasteiger partial charge in [-0.05, 0) is 0 Å². The van der Waals surface area contributed by atoms with E-state index in [1.54, 1.807) is 0 Å². The molecular formula is C12H11F3N4O3S. The quantitative estimate of drug-likeness (QED) is 0.853. The molecule has 0 saturated carbocycles. The first-order chi connectivity index (χ1) is 10.7. The molecule has 2 aromatic heterocycles. The molecule has 0 fully saturated rings. The van der Waals surface area contributed by atoms with E-state index in [0.29, 0.717) is 10.4 Å². The third kappa shape index (κ3) is 3.86. The minimum Gasteiger partial charge on any atom is -0.469 e. The van der Waals surface area contributed by atoms with Crippen molar-refractivity contribution in [3.05, 3.63) is 28.5 Å². The molecule has 0 atom stereocenters. The van der Waals surface area contributed by atoms with Gasteiger partial charge in [-0.15, -0.1) is 11.3 Å². The fraction of sp³-hybridized carbons (Fsp3) is 0.333. The standard InChI is InChI=1S/C12H11F3N4O3S/c1-19-9(12(13,14)15)7(4-16-19)10(21)18-11-17-6(5-23-11)3-8(20)22-2/h4-5H,3H2,1-2H3,(H,17,18,21). The molecule has 124 valence electrons. The minimum atomic E-state index is -4.71. The number of halogens is 3. The van der Waals surface area contributed by atoms with Crippen molar-refractivity contribution in [1.29, 1.82) is 0 Å². The van der Waals surface area contributed by atoms with Crippen molar-refractivity contribution in [2.24, 2.45) is 7.05 Å². The Labute approximate surface area is 132 Å². The lowest BCUT2D eigenvalue weighted by Gasteiger charge is -2.09. The fourth-order valence-corrected chi connectivity index (χ4v) is 2.48. The van der Waals surface area contributed by atoms with Crippen LogP contribution < -0.4 is 5.32 Å². The molecule has 0 radical (unpaired) electrons. The first-order valence-corrected chi connectivity index (χ1v) is 7.02. The second kappa shape index (κ2) is 6.36. The zero-order valence-electron chi connectivity index (χ0n) is 12.0. The summed E-state index contributed by atoms with van der Waals surface area (Å²) in [7, 11) is 2.32. The molecule has 0 aromatic carbocycles. The molecule has 0 bridgehead atoms. The summed E-state index contributed by atoms with van der Waals surface area (Å²) in [6.45, 7) is 0. The largest absolute Gasteiger partial charge is 0.469 e. The van der Waals surface area contributed by atoms with Crippen LogP contribution in [0.1, 0.15) is 21.7 Å². The number of methoxy groups -OCH3 is 1. The van der Waals surface area contributed by atoms with Crippen LogP contribution in [-0.2, 0) is 29.2 Å². The van der Waals surface area contributed by atoms with Gasteiger partial charge in [-0.25, -0.2) is 4.98 Å². The van der Waals surface area contributed by atoms with Crippen molar-refractivity contribution < 1.29 is 27.5 Å². The van der Waals surface area contributed by atoms with E-state index >= 15 is 0 Å². The van der Waals surface area contributed by atoms with Crippen molar-refractivity contribution in [3.8, 4) is 0 Å². The summed E-state index contributed by atoms with van der Waals surface area (Å²) in [5, 5.41) is 7.29. The summed E-state index contributed by atoms with van der Waals surface area (Å²) < 4.78 is 43.8. The van der Waals surface area contributed by atoms with Crippen LogP contribution in [0.4, 0.5) is 18.3 Å². The summed E-state index contributed by atoms with van der Waals surface area (Å²) >= 11 is 0.986. The summed E-state index contributed by atoms with van der Waals surface area (Å²) in [6, 6.07) is 0. The van der Waals surface area contributed by atoms with Gasteiger partial charge in [0, 0.05) is 12.4 Å². The molecule has 11 heteroatoms. The first kappa shape index (κ1) is 16.9. The van der Waals surface area contributed by atoms with Crippen LogP contribution in [0, 0.1) is 0 Å². The van der Waals surface area contributed by atoms with E-state index in [0.717, 1.165) is 24.6 Å². The minimum absolute atomic E-state index is 0.0749. The van der Waals surface area contributed by atoms with E-state index in [1.807, 2.05) is 0 Å². The number of nitrogens with one attached hydrogen (secondary N) is 1. The van der Waals surface area contributed by atoms with E-state index in [2.05, 4.69) is 20.1 Å². The Morgan fingerprint density at radius 2 is 2.13 bits per heavy atom. The Morgan fingerprint density at radius 3 is 2.74 bits per heavy atom. The summed E-state index contributed by atoms with van der Waals surface area (Å²) in [5.41, 5.74) is -1.41. The van der Waals surface area contributed by atoms with Gasteiger partial charge in [0.05, 0.1) is 31.0 Å². The lowest BCUT2D eigenvalue weighted by Crippen LogP contribution is -2.20. The predicted octanol–water partition coefficient (Wildman–Crippen LogP) is 1.86. The number of rotatable bonds is 4. The molecule has 1 amide bonds. The zero-order chi connectivity index (χ0) is 17.2. The number of carbonyl (C=O) groups excluding carboxylic acids is 2. The number of aromatic nitrogens is 3. The Hall–Kier alpha value is -2.43. The molecule has 1 N–H and O–H groups in total. The van der Waals surface area contributed by atoms with Gasteiger partial charge < -0.3 is 4.74 Å². The molecule has 2 aromatic rings. The maximum atomic E-state index is 12.9. The van der Waals surface area contributed by atoms with E-state index in [-0.39, 0.29) is 11.6 Å². The van der Waals surface area contributed by atoms with Gasteiger partial charge in [-0.1, -0.05) is 0 Å². The normalized spacial score (nSPS) is 11.3. The number of aryl methyl sites for hydroxylation is 1. The van der Waals surface area contributed by atoms with Crippen LogP contribution in [0.5, 0.6) is 0 Å². The summed E-state index contributed by atoms with van der Waals surface area (Å²) in [5.74, 6) is -1.50. The Balaban J connectivity index is 2.16. The highest BCUT2D eigenvalue weighted by Gasteiger charge is 2.39. The van der Waals surface area contributed by atoms with Gasteiger partial charge in [0.1, 0.15) is 0 Å². The average molecular weight is 348 g/mol. The van der Waals surface area contributed by atoms with Crippen molar-refractivity contribution in [1.82, 2.24) is 14.8 Å². The molecule has 0 aliphatic carbocycles. The lowest BCUT2D eigenvalue weighted by molar-refractivity contribution is -0.144. The second-order valence-electron chi connectivity index (χ2n) is 4.38. The Kier molecular flexibility index (Phi) is 4.68. The Morgan fingerprint density at radius 1 is 1.43 bits per heavy atom. The molecule has 0 aliphatic rings. The van der Waals surface area contributed by atoms with Crippen LogP contribution >= 0.6 is 11.3 Å². The number of alkyl halides is 3. The molecule has 7 nitrogen and oxygen atoms in total. The topological polar surface area (TPSA) is 86.1 Å². The monoisotopic (exact) mass is 348 g/mol. The number of esters is 1. The van der Waals surface area contributed by atoms with Gasteiger partial charge in [0.25, 0.3) is 5.91 Å². The SMILES string of the molecule is COC(=O)Cc1csc(NC(=O)c2cnn(C)c2C(F)(F)F)n1. The molecule has 2 rings (SSSR count).